The van der Waals surface area contributed by atoms with Crippen molar-refractivity contribution < 1.29 is 0 Å². The molecule has 0 aromatic heterocycles. The van der Waals surface area contributed by atoms with Crippen LogP contribution in [0.5, 0.6) is 0 Å². The first-order valence-electron chi connectivity index (χ1n) is 6.06. The summed E-state index contributed by atoms with van der Waals surface area (Å²) in [5, 5.41) is 3.85. The summed E-state index contributed by atoms with van der Waals surface area (Å²) in [5.41, 5.74) is 0. The van der Waals surface area contributed by atoms with Gasteiger partial charge in [0.15, 0.2) is 0 Å². The summed E-state index contributed by atoms with van der Waals surface area (Å²) in [6, 6.07) is 1.55. The van der Waals surface area contributed by atoms with Crippen LogP contribution in [-0.2, 0) is 0 Å². The van der Waals surface area contributed by atoms with Gasteiger partial charge in [-0.25, -0.2) is 0 Å². The molecule has 1 fully saturated rings. The maximum atomic E-state index is 3.85. The molecule has 1 N–H and O–H groups in total. The first kappa shape index (κ1) is 12.4. The number of nitrogens with one attached hydrogen (secondary N) is 1. The summed E-state index contributed by atoms with van der Waals surface area (Å²) in [6.45, 7) is 4.59. The van der Waals surface area contributed by atoms with Gasteiger partial charge in [0, 0.05) is 17.8 Å². The molecule has 2 atom stereocenters. The molecule has 1 aliphatic rings. The van der Waals surface area contributed by atoms with Gasteiger partial charge in [-0.15, -0.1) is 0 Å². The molecule has 0 aliphatic heterocycles. The first-order valence-corrected chi connectivity index (χ1v) is 7.46. The average Bonchev–Trinajstić information content (AvgIpc) is 2.99. The van der Waals surface area contributed by atoms with E-state index < -0.39 is 0 Å². The highest BCUT2D eigenvalue weighted by molar-refractivity contribution is 7.98. The lowest BCUT2D eigenvalue weighted by Gasteiger charge is -2.24. The zero-order valence-electron chi connectivity index (χ0n) is 9.88. The normalized spacial score (nSPS) is 20.8. The number of rotatable bonds is 8. The van der Waals surface area contributed by atoms with Crippen molar-refractivity contribution in [2.24, 2.45) is 5.92 Å². The third-order valence-corrected chi connectivity index (χ3v) is 3.84. The van der Waals surface area contributed by atoms with E-state index >= 15 is 0 Å². The van der Waals surface area contributed by atoms with Crippen LogP contribution in [0.4, 0.5) is 0 Å². The van der Waals surface area contributed by atoms with Crippen LogP contribution in [0.1, 0.15) is 46.0 Å². The van der Waals surface area contributed by atoms with Crippen LogP contribution in [0.25, 0.3) is 0 Å². The molecule has 1 aliphatic carbocycles. The molecule has 0 saturated heterocycles. The zero-order valence-corrected chi connectivity index (χ0v) is 10.7. The van der Waals surface area contributed by atoms with Gasteiger partial charge in [-0.2, -0.15) is 11.8 Å². The fraction of sp³-hybridized carbons (Fsp3) is 1.00. The van der Waals surface area contributed by atoms with Gasteiger partial charge in [0.1, 0.15) is 0 Å². The second kappa shape index (κ2) is 6.73. The quantitative estimate of drug-likeness (QED) is 0.667. The average molecular weight is 215 g/mol. The van der Waals surface area contributed by atoms with E-state index in [-0.39, 0.29) is 0 Å². The largest absolute Gasteiger partial charge is 0.310 e. The molecule has 14 heavy (non-hydrogen) atoms. The number of hydrogen-bond donors (Lipinski definition) is 1. The second-order valence-corrected chi connectivity index (χ2v) is 5.37. The van der Waals surface area contributed by atoms with Crippen molar-refractivity contribution in [2.75, 3.05) is 12.0 Å². The molecule has 84 valence electrons. The van der Waals surface area contributed by atoms with Crippen LogP contribution in [0, 0.1) is 5.92 Å². The van der Waals surface area contributed by atoms with Crippen molar-refractivity contribution in [3.8, 4) is 0 Å². The zero-order chi connectivity index (χ0) is 10.4. The van der Waals surface area contributed by atoms with E-state index in [1.165, 1.54) is 37.9 Å². The molecule has 1 nitrogen and oxygen atoms in total. The Morgan fingerprint density at radius 1 is 1.36 bits per heavy atom. The monoisotopic (exact) mass is 215 g/mol. The fourth-order valence-corrected chi connectivity index (χ4v) is 2.79. The molecular weight excluding hydrogens is 190 g/mol. The Morgan fingerprint density at radius 2 is 2.07 bits per heavy atom. The van der Waals surface area contributed by atoms with Gasteiger partial charge in [0.05, 0.1) is 0 Å². The molecule has 0 amide bonds. The van der Waals surface area contributed by atoms with Gasteiger partial charge in [-0.1, -0.05) is 20.3 Å². The Bertz CT molecular complexity index is 145. The lowest BCUT2D eigenvalue weighted by Crippen LogP contribution is -2.40. The number of thioether (sulfide) groups is 1. The predicted molar refractivity (Wildman–Crippen MR) is 67.0 cm³/mol. The van der Waals surface area contributed by atoms with Crippen LogP contribution < -0.4 is 5.32 Å². The van der Waals surface area contributed by atoms with Gasteiger partial charge in [-0.3, -0.25) is 0 Å². The van der Waals surface area contributed by atoms with Crippen LogP contribution in [0.3, 0.4) is 0 Å². The molecule has 0 heterocycles. The van der Waals surface area contributed by atoms with Gasteiger partial charge in [-0.05, 0) is 37.9 Å². The van der Waals surface area contributed by atoms with Crippen LogP contribution in [0.2, 0.25) is 0 Å². The van der Waals surface area contributed by atoms with E-state index in [0.717, 1.165) is 18.0 Å². The number of hydrogen-bond acceptors (Lipinski definition) is 2. The van der Waals surface area contributed by atoms with Crippen molar-refractivity contribution in [2.45, 2.75) is 58.0 Å². The molecule has 0 spiro atoms. The molecule has 0 aromatic carbocycles. The molecule has 0 bridgehead atoms. The third-order valence-electron chi connectivity index (χ3n) is 3.10. The van der Waals surface area contributed by atoms with E-state index in [1.54, 1.807) is 0 Å². The highest BCUT2D eigenvalue weighted by Gasteiger charge is 2.31. The standard InChI is InChI=1S/C12H25NS/c1-4-6-12(10-7-8-10)13-11(5-2)9-14-3/h10-13H,4-9H2,1-3H3. The minimum absolute atomic E-state index is 0.738. The summed E-state index contributed by atoms with van der Waals surface area (Å²) < 4.78 is 0. The van der Waals surface area contributed by atoms with Crippen LogP contribution in [-0.4, -0.2) is 24.1 Å². The molecule has 2 unspecified atom stereocenters. The van der Waals surface area contributed by atoms with E-state index in [0.29, 0.717) is 0 Å². The smallest absolute Gasteiger partial charge is 0.0158 e. The maximum absolute atomic E-state index is 3.85. The van der Waals surface area contributed by atoms with Crippen LogP contribution in [0.15, 0.2) is 0 Å². The third kappa shape index (κ3) is 4.22. The molecule has 2 heteroatoms. The Hall–Kier alpha value is 0.310. The van der Waals surface area contributed by atoms with Gasteiger partial charge >= 0.3 is 0 Å². The summed E-state index contributed by atoms with van der Waals surface area (Å²) >= 11 is 1.96. The summed E-state index contributed by atoms with van der Waals surface area (Å²) in [7, 11) is 0. The Kier molecular flexibility index (Phi) is 5.95. The van der Waals surface area contributed by atoms with Gasteiger partial charge in [0.2, 0.25) is 0 Å². The topological polar surface area (TPSA) is 12.0 Å². The molecule has 0 aromatic rings. The predicted octanol–water partition coefficient (Wildman–Crippen LogP) is 3.30. The van der Waals surface area contributed by atoms with Crippen molar-refractivity contribution in [1.82, 2.24) is 5.32 Å². The minimum Gasteiger partial charge on any atom is -0.310 e. The van der Waals surface area contributed by atoms with Gasteiger partial charge < -0.3 is 5.32 Å². The molecule has 0 radical (unpaired) electrons. The first-order chi connectivity index (χ1) is 6.81. The van der Waals surface area contributed by atoms with Crippen molar-refractivity contribution in [3.63, 3.8) is 0 Å². The van der Waals surface area contributed by atoms with Crippen LogP contribution >= 0.6 is 11.8 Å². The Balaban J connectivity index is 2.27. The lowest BCUT2D eigenvalue weighted by molar-refractivity contribution is 0.382. The molecular formula is C12H25NS. The minimum atomic E-state index is 0.738. The second-order valence-electron chi connectivity index (χ2n) is 4.46. The van der Waals surface area contributed by atoms with E-state index in [1.807, 2.05) is 11.8 Å². The summed E-state index contributed by atoms with van der Waals surface area (Å²) in [5.74, 6) is 2.27. The maximum Gasteiger partial charge on any atom is 0.0158 e. The fourth-order valence-electron chi connectivity index (χ4n) is 2.05. The lowest BCUT2D eigenvalue weighted by atomic mass is 10.1. The van der Waals surface area contributed by atoms with Crippen molar-refractivity contribution >= 4 is 11.8 Å². The highest BCUT2D eigenvalue weighted by Crippen LogP contribution is 2.34. The van der Waals surface area contributed by atoms with E-state index in [9.17, 15) is 0 Å². The van der Waals surface area contributed by atoms with Crippen molar-refractivity contribution in [1.29, 1.82) is 0 Å². The SMILES string of the molecule is CCCC(NC(CC)CSC)C1CC1. The summed E-state index contributed by atoms with van der Waals surface area (Å²) in [4.78, 5) is 0. The van der Waals surface area contributed by atoms with E-state index in [2.05, 4.69) is 25.4 Å². The summed E-state index contributed by atoms with van der Waals surface area (Å²) in [6.07, 6.45) is 9.10. The van der Waals surface area contributed by atoms with E-state index in [4.69, 9.17) is 0 Å². The Morgan fingerprint density at radius 3 is 2.50 bits per heavy atom. The molecule has 1 rings (SSSR count). The molecule has 1 saturated carbocycles. The van der Waals surface area contributed by atoms with Crippen molar-refractivity contribution in [3.05, 3.63) is 0 Å². The Labute approximate surface area is 93.4 Å². The van der Waals surface area contributed by atoms with Gasteiger partial charge in [0.25, 0.3) is 0 Å². The highest BCUT2D eigenvalue weighted by atomic mass is 32.2.